The number of nitrogens with one attached hydrogen (secondary N) is 1. The van der Waals surface area contributed by atoms with Crippen molar-refractivity contribution in [2.45, 2.75) is 32.0 Å². The highest BCUT2D eigenvalue weighted by atomic mass is 19.4. The first-order valence-corrected chi connectivity index (χ1v) is 11.9. The quantitative estimate of drug-likeness (QED) is 0.453. The third kappa shape index (κ3) is 6.23. The van der Waals surface area contributed by atoms with Crippen molar-refractivity contribution in [3.8, 4) is 0 Å². The van der Waals surface area contributed by atoms with Gasteiger partial charge in [0, 0.05) is 75.7 Å². The number of nitro groups is 1. The van der Waals surface area contributed by atoms with Crippen molar-refractivity contribution in [1.82, 2.24) is 14.8 Å². The van der Waals surface area contributed by atoms with Crippen LogP contribution >= 0.6 is 0 Å². The highest BCUT2D eigenvalue weighted by molar-refractivity contribution is 5.77. The Morgan fingerprint density at radius 2 is 1.92 bits per heavy atom. The minimum atomic E-state index is -4.83. The van der Waals surface area contributed by atoms with Gasteiger partial charge in [0.25, 0.3) is 5.69 Å². The van der Waals surface area contributed by atoms with Gasteiger partial charge in [-0.05, 0) is 37.6 Å². The summed E-state index contributed by atoms with van der Waals surface area (Å²) in [4.78, 5) is 33.3. The third-order valence-electron chi connectivity index (χ3n) is 6.69. The van der Waals surface area contributed by atoms with E-state index >= 15 is 0 Å². The molecule has 3 heterocycles. The molecule has 36 heavy (non-hydrogen) atoms. The summed E-state index contributed by atoms with van der Waals surface area (Å²) in [7, 11) is 0. The number of likely N-dealkylation sites (tertiary alicyclic amines) is 1. The van der Waals surface area contributed by atoms with Crippen molar-refractivity contribution >= 4 is 23.0 Å². The number of benzene rings is 1. The number of carbonyl (C=O) groups is 1. The Hall–Kier alpha value is -3.41. The molecule has 0 radical (unpaired) electrons. The molecule has 0 aliphatic carbocycles. The molecule has 1 aromatic carbocycles. The van der Waals surface area contributed by atoms with Crippen molar-refractivity contribution in [2.75, 3.05) is 56.0 Å². The number of alkyl halides is 3. The van der Waals surface area contributed by atoms with Crippen molar-refractivity contribution in [1.29, 1.82) is 0 Å². The predicted molar refractivity (Wildman–Crippen MR) is 129 cm³/mol. The Bertz CT molecular complexity index is 1090. The summed E-state index contributed by atoms with van der Waals surface area (Å²) in [5.41, 5.74) is -0.0416. The van der Waals surface area contributed by atoms with E-state index in [0.717, 1.165) is 49.7 Å². The fraction of sp³-hybridized carbons (Fsp3) is 0.500. The molecule has 1 N–H and O–H groups in total. The third-order valence-corrected chi connectivity index (χ3v) is 6.69. The number of hydrogen-bond acceptors (Lipinski definition) is 7. The van der Waals surface area contributed by atoms with E-state index in [1.807, 2.05) is 19.2 Å². The fourth-order valence-electron chi connectivity index (χ4n) is 4.64. The van der Waals surface area contributed by atoms with Gasteiger partial charge in [0.15, 0.2) is 0 Å². The van der Waals surface area contributed by atoms with Gasteiger partial charge in [0.2, 0.25) is 5.91 Å². The minimum Gasteiger partial charge on any atom is -0.380 e. The number of amides is 1. The van der Waals surface area contributed by atoms with Gasteiger partial charge < -0.3 is 15.1 Å². The Kier molecular flexibility index (Phi) is 7.62. The van der Waals surface area contributed by atoms with Crippen LogP contribution in [0.2, 0.25) is 0 Å². The van der Waals surface area contributed by atoms with E-state index in [2.05, 4.69) is 26.2 Å². The normalized spacial score (nSPS) is 18.9. The maximum Gasteiger partial charge on any atom is 0.423 e. The van der Waals surface area contributed by atoms with Crippen LogP contribution in [0.25, 0.3) is 0 Å². The summed E-state index contributed by atoms with van der Waals surface area (Å²) in [5, 5.41) is 13.9. The molecule has 2 aliphatic heterocycles. The van der Waals surface area contributed by atoms with Crippen molar-refractivity contribution in [3.05, 3.63) is 57.9 Å². The molecule has 2 fully saturated rings. The maximum atomic E-state index is 13.2. The van der Waals surface area contributed by atoms with Gasteiger partial charge >= 0.3 is 6.18 Å². The summed E-state index contributed by atoms with van der Waals surface area (Å²) in [6.07, 6.45) is -1.98. The second-order valence-corrected chi connectivity index (χ2v) is 9.19. The first-order chi connectivity index (χ1) is 17.1. The van der Waals surface area contributed by atoms with Crippen LogP contribution in [0.1, 0.15) is 24.1 Å². The molecule has 0 spiro atoms. The number of rotatable bonds is 7. The SMILES string of the molecule is Cc1ccc(N2CCN(CCC(=O)N3CC[C@H](Nc4ccc([N+](=O)[O-])c(C(F)(F)F)c4)C3)CC2)cn1. The Morgan fingerprint density at radius 1 is 1.17 bits per heavy atom. The van der Waals surface area contributed by atoms with Crippen LogP contribution in [0.4, 0.5) is 30.2 Å². The van der Waals surface area contributed by atoms with Crippen LogP contribution in [-0.4, -0.2) is 77.5 Å². The summed E-state index contributed by atoms with van der Waals surface area (Å²) in [6.45, 7) is 6.95. The Labute approximate surface area is 207 Å². The zero-order valence-electron chi connectivity index (χ0n) is 20.0. The number of piperazine rings is 1. The standard InChI is InChI=1S/C24H29F3N6O3/c1-17-2-4-20(15-28-17)31-12-10-30(11-13-31)8-7-23(34)32-9-6-19(16-32)29-18-3-5-22(33(35)36)21(14-18)24(25,26)27/h2-5,14-15,19,29H,6-13,16H2,1H3/t19-/m0/s1. The number of nitro benzene ring substituents is 1. The maximum absolute atomic E-state index is 13.2. The van der Waals surface area contributed by atoms with Gasteiger partial charge in [-0.3, -0.25) is 24.8 Å². The van der Waals surface area contributed by atoms with E-state index in [-0.39, 0.29) is 17.6 Å². The molecule has 0 unspecified atom stereocenters. The molecule has 4 rings (SSSR count). The fourth-order valence-corrected chi connectivity index (χ4v) is 4.64. The number of anilines is 2. The Balaban J connectivity index is 1.23. The summed E-state index contributed by atoms with van der Waals surface area (Å²) in [6, 6.07) is 6.73. The lowest BCUT2D eigenvalue weighted by molar-refractivity contribution is -0.388. The van der Waals surface area contributed by atoms with Gasteiger partial charge in [-0.2, -0.15) is 13.2 Å². The van der Waals surface area contributed by atoms with Crippen LogP contribution in [-0.2, 0) is 11.0 Å². The van der Waals surface area contributed by atoms with Gasteiger partial charge in [-0.25, -0.2) is 0 Å². The Morgan fingerprint density at radius 3 is 2.56 bits per heavy atom. The lowest BCUT2D eigenvalue weighted by atomic mass is 10.1. The topological polar surface area (TPSA) is 94.8 Å². The molecule has 9 nitrogen and oxygen atoms in total. The van der Waals surface area contributed by atoms with E-state index in [0.29, 0.717) is 32.5 Å². The molecular formula is C24H29F3N6O3. The molecule has 194 valence electrons. The number of carbonyl (C=O) groups excluding carboxylic acids is 1. The minimum absolute atomic E-state index is 0.0177. The molecule has 1 atom stereocenters. The van der Waals surface area contributed by atoms with E-state index in [9.17, 15) is 28.1 Å². The summed E-state index contributed by atoms with van der Waals surface area (Å²) in [5.74, 6) is 0.0177. The molecule has 0 saturated carbocycles. The smallest absolute Gasteiger partial charge is 0.380 e. The van der Waals surface area contributed by atoms with E-state index in [1.165, 1.54) is 6.07 Å². The molecule has 0 bridgehead atoms. The highest BCUT2D eigenvalue weighted by Crippen LogP contribution is 2.37. The average Bonchev–Trinajstić information content (AvgIpc) is 3.31. The summed E-state index contributed by atoms with van der Waals surface area (Å²) >= 11 is 0. The van der Waals surface area contributed by atoms with Crippen LogP contribution in [0, 0.1) is 17.0 Å². The van der Waals surface area contributed by atoms with Gasteiger partial charge in [-0.15, -0.1) is 0 Å². The largest absolute Gasteiger partial charge is 0.423 e. The van der Waals surface area contributed by atoms with Gasteiger partial charge in [-0.1, -0.05) is 0 Å². The van der Waals surface area contributed by atoms with E-state index in [4.69, 9.17) is 0 Å². The number of hydrogen-bond donors (Lipinski definition) is 1. The van der Waals surface area contributed by atoms with Crippen LogP contribution in [0.3, 0.4) is 0 Å². The molecule has 2 saturated heterocycles. The van der Waals surface area contributed by atoms with Crippen molar-refractivity contribution in [2.24, 2.45) is 0 Å². The first kappa shape index (κ1) is 25.7. The number of halogens is 3. The molecule has 2 aromatic rings. The highest BCUT2D eigenvalue weighted by Gasteiger charge is 2.38. The molecule has 12 heteroatoms. The van der Waals surface area contributed by atoms with Crippen LogP contribution < -0.4 is 10.2 Å². The van der Waals surface area contributed by atoms with E-state index < -0.39 is 22.4 Å². The number of pyridine rings is 1. The number of aryl methyl sites for hydroxylation is 1. The second kappa shape index (κ2) is 10.7. The lowest BCUT2D eigenvalue weighted by Gasteiger charge is -2.36. The van der Waals surface area contributed by atoms with Crippen LogP contribution in [0.5, 0.6) is 0 Å². The monoisotopic (exact) mass is 506 g/mol. The van der Waals surface area contributed by atoms with Crippen LogP contribution in [0.15, 0.2) is 36.5 Å². The van der Waals surface area contributed by atoms with Crippen molar-refractivity contribution < 1.29 is 22.9 Å². The average molecular weight is 507 g/mol. The number of nitrogens with zero attached hydrogens (tertiary/aromatic N) is 5. The predicted octanol–water partition coefficient (Wildman–Crippen LogP) is 3.54. The van der Waals surface area contributed by atoms with Crippen molar-refractivity contribution in [3.63, 3.8) is 0 Å². The lowest BCUT2D eigenvalue weighted by Crippen LogP contribution is -2.47. The summed E-state index contributed by atoms with van der Waals surface area (Å²) < 4.78 is 39.7. The molecular weight excluding hydrogens is 477 g/mol. The first-order valence-electron chi connectivity index (χ1n) is 11.9. The van der Waals surface area contributed by atoms with E-state index in [1.54, 1.807) is 4.90 Å². The molecule has 1 aromatic heterocycles. The van der Waals surface area contributed by atoms with Gasteiger partial charge in [0.1, 0.15) is 5.56 Å². The zero-order chi connectivity index (χ0) is 25.9. The molecule has 1 amide bonds. The zero-order valence-corrected chi connectivity index (χ0v) is 20.0. The second-order valence-electron chi connectivity index (χ2n) is 9.19. The van der Waals surface area contributed by atoms with Gasteiger partial charge in [0.05, 0.1) is 16.8 Å². The molecule has 2 aliphatic rings. The number of aromatic nitrogens is 1.